The van der Waals surface area contributed by atoms with E-state index in [9.17, 15) is 18.0 Å². The van der Waals surface area contributed by atoms with Crippen LogP contribution in [0.5, 0.6) is 0 Å². The normalized spacial score (nSPS) is 25.9. The molecule has 2 atom stereocenters. The van der Waals surface area contributed by atoms with Gasteiger partial charge >= 0.3 is 12.3 Å². The van der Waals surface area contributed by atoms with Crippen LogP contribution in [0.25, 0.3) is 0 Å². The summed E-state index contributed by atoms with van der Waals surface area (Å²) < 4.78 is 44.3. The van der Waals surface area contributed by atoms with E-state index in [2.05, 4.69) is 5.32 Å². The molecule has 0 unspecified atom stereocenters. The second kappa shape index (κ2) is 6.76. The topological polar surface area (TPSA) is 41.6 Å². The Morgan fingerprint density at radius 3 is 2.69 bits per heavy atom. The first-order valence-corrected chi connectivity index (χ1v) is 9.24. The maximum atomic E-state index is 13.0. The van der Waals surface area contributed by atoms with Gasteiger partial charge in [-0.25, -0.2) is 4.79 Å². The fraction of sp³-hybridized carbons (Fsp3) is 0.632. The molecule has 142 valence electrons. The average Bonchev–Trinajstić information content (AvgIpc) is 3.35. The molecule has 1 saturated carbocycles. The first-order chi connectivity index (χ1) is 12.4. The number of alkyl halides is 3. The molecule has 26 heavy (non-hydrogen) atoms. The van der Waals surface area contributed by atoms with E-state index in [4.69, 9.17) is 4.74 Å². The zero-order chi connectivity index (χ0) is 18.3. The Kier molecular flexibility index (Phi) is 4.59. The van der Waals surface area contributed by atoms with Gasteiger partial charge in [-0.15, -0.1) is 0 Å². The number of carbonyl (C=O) groups excluding carboxylic acids is 1. The zero-order valence-corrected chi connectivity index (χ0v) is 14.5. The Balaban J connectivity index is 1.40. The van der Waals surface area contributed by atoms with Crippen LogP contribution in [-0.4, -0.2) is 37.2 Å². The zero-order valence-electron chi connectivity index (χ0n) is 14.5. The van der Waals surface area contributed by atoms with E-state index in [1.807, 2.05) is 0 Å². The molecule has 1 amide bonds. The number of rotatable bonds is 3. The average molecular weight is 368 g/mol. The number of amides is 1. The summed E-state index contributed by atoms with van der Waals surface area (Å²) in [5, 5.41) is 3.36. The van der Waals surface area contributed by atoms with Gasteiger partial charge in [0.25, 0.3) is 0 Å². The third-order valence-corrected chi connectivity index (χ3v) is 5.80. The van der Waals surface area contributed by atoms with Gasteiger partial charge in [-0.05, 0) is 73.4 Å². The van der Waals surface area contributed by atoms with E-state index in [0.717, 1.165) is 38.4 Å². The summed E-state index contributed by atoms with van der Waals surface area (Å²) in [6.07, 6.45) is -1.95. The summed E-state index contributed by atoms with van der Waals surface area (Å²) in [4.78, 5) is 14.1. The Bertz CT molecular complexity index is 688. The molecule has 4 rings (SSSR count). The number of carbonyl (C=O) groups is 1. The Hall–Kier alpha value is -1.76. The molecule has 0 aromatic heterocycles. The first-order valence-electron chi connectivity index (χ1n) is 9.24. The standard InChI is InChI=1S/C19H23F3N2O2/c20-19(21,22)16-4-3-14(17(7-16)12-1-2-12)11-26-18(25)24-6-5-13-8-23-9-15(13)10-24/h3-4,7,12-13,15,23H,1-2,5-6,8-11H2/t13-,15+/m1/s1. The minimum absolute atomic E-state index is 0.0334. The van der Waals surface area contributed by atoms with Crippen molar-refractivity contribution in [2.24, 2.45) is 11.8 Å². The summed E-state index contributed by atoms with van der Waals surface area (Å²) in [6.45, 7) is 3.36. The Morgan fingerprint density at radius 1 is 1.19 bits per heavy atom. The number of piperidine rings is 1. The SMILES string of the molecule is O=C(OCc1ccc(C(F)(F)F)cc1C1CC1)N1CC[C@@H]2CNC[C@H]2C1. The number of benzene rings is 1. The summed E-state index contributed by atoms with van der Waals surface area (Å²) in [5.74, 6) is 1.27. The highest BCUT2D eigenvalue weighted by molar-refractivity contribution is 5.67. The van der Waals surface area contributed by atoms with E-state index in [1.165, 1.54) is 12.1 Å². The monoisotopic (exact) mass is 368 g/mol. The number of nitrogens with zero attached hydrogens (tertiary/aromatic N) is 1. The van der Waals surface area contributed by atoms with Crippen LogP contribution < -0.4 is 5.32 Å². The fourth-order valence-electron chi connectivity index (χ4n) is 4.11. The number of halogens is 3. The predicted molar refractivity (Wildman–Crippen MR) is 89.6 cm³/mol. The van der Waals surface area contributed by atoms with Crippen molar-refractivity contribution in [3.05, 3.63) is 34.9 Å². The number of ether oxygens (including phenoxy) is 1. The van der Waals surface area contributed by atoms with Gasteiger partial charge in [-0.2, -0.15) is 13.2 Å². The van der Waals surface area contributed by atoms with E-state index in [0.29, 0.717) is 36.1 Å². The molecule has 2 aliphatic heterocycles. The van der Waals surface area contributed by atoms with Crippen LogP contribution in [0, 0.1) is 11.8 Å². The molecule has 0 spiro atoms. The maximum Gasteiger partial charge on any atom is 0.416 e. The van der Waals surface area contributed by atoms with E-state index >= 15 is 0 Å². The molecule has 0 bridgehead atoms. The molecule has 3 aliphatic rings. The van der Waals surface area contributed by atoms with Crippen LogP contribution in [0.3, 0.4) is 0 Å². The van der Waals surface area contributed by atoms with E-state index in [1.54, 1.807) is 4.90 Å². The van der Waals surface area contributed by atoms with Crippen molar-refractivity contribution in [3.63, 3.8) is 0 Å². The molecule has 1 aliphatic carbocycles. The number of hydrogen-bond acceptors (Lipinski definition) is 3. The van der Waals surface area contributed by atoms with E-state index in [-0.39, 0.29) is 18.6 Å². The van der Waals surface area contributed by atoms with Crippen molar-refractivity contribution >= 4 is 6.09 Å². The van der Waals surface area contributed by atoms with Crippen LogP contribution in [-0.2, 0) is 17.5 Å². The highest BCUT2D eigenvalue weighted by Crippen LogP contribution is 2.44. The highest BCUT2D eigenvalue weighted by atomic mass is 19.4. The molecule has 3 fully saturated rings. The number of fused-ring (bicyclic) bond motifs is 1. The number of likely N-dealkylation sites (tertiary alicyclic amines) is 1. The second-order valence-electron chi connectivity index (χ2n) is 7.65. The number of hydrogen-bond donors (Lipinski definition) is 1. The van der Waals surface area contributed by atoms with Crippen LogP contribution in [0.2, 0.25) is 0 Å². The van der Waals surface area contributed by atoms with Gasteiger partial charge < -0.3 is 15.0 Å². The minimum Gasteiger partial charge on any atom is -0.445 e. The van der Waals surface area contributed by atoms with Gasteiger partial charge in [-0.3, -0.25) is 0 Å². The van der Waals surface area contributed by atoms with Crippen molar-refractivity contribution in [2.45, 2.75) is 38.0 Å². The van der Waals surface area contributed by atoms with Crippen molar-refractivity contribution in [1.29, 1.82) is 0 Å². The highest BCUT2D eigenvalue weighted by Gasteiger charge is 2.36. The Labute approximate surface area is 150 Å². The second-order valence-corrected chi connectivity index (χ2v) is 7.65. The maximum absolute atomic E-state index is 13.0. The van der Waals surface area contributed by atoms with Crippen molar-refractivity contribution in [1.82, 2.24) is 10.2 Å². The van der Waals surface area contributed by atoms with Crippen LogP contribution in [0.1, 0.15) is 41.9 Å². The lowest BCUT2D eigenvalue weighted by molar-refractivity contribution is -0.137. The quantitative estimate of drug-likeness (QED) is 0.883. The lowest BCUT2D eigenvalue weighted by Crippen LogP contribution is -2.43. The number of nitrogens with one attached hydrogen (secondary N) is 1. The summed E-state index contributed by atoms with van der Waals surface area (Å²) in [6, 6.07) is 3.75. The lowest BCUT2D eigenvalue weighted by Gasteiger charge is -2.33. The molecule has 2 heterocycles. The lowest BCUT2D eigenvalue weighted by atomic mass is 9.89. The third kappa shape index (κ3) is 3.68. The van der Waals surface area contributed by atoms with Gasteiger partial charge in [0.15, 0.2) is 0 Å². The third-order valence-electron chi connectivity index (χ3n) is 5.80. The van der Waals surface area contributed by atoms with Crippen LogP contribution in [0.15, 0.2) is 18.2 Å². The molecular formula is C19H23F3N2O2. The summed E-state index contributed by atoms with van der Waals surface area (Å²) in [7, 11) is 0. The van der Waals surface area contributed by atoms with Crippen LogP contribution >= 0.6 is 0 Å². The van der Waals surface area contributed by atoms with Gasteiger partial charge in [-0.1, -0.05) is 6.07 Å². The molecule has 1 aromatic rings. The van der Waals surface area contributed by atoms with Gasteiger partial charge in [0.2, 0.25) is 0 Å². The summed E-state index contributed by atoms with van der Waals surface area (Å²) >= 11 is 0. The largest absolute Gasteiger partial charge is 0.445 e. The molecular weight excluding hydrogens is 345 g/mol. The fourth-order valence-corrected chi connectivity index (χ4v) is 4.11. The smallest absolute Gasteiger partial charge is 0.416 e. The van der Waals surface area contributed by atoms with Crippen molar-refractivity contribution < 1.29 is 22.7 Å². The van der Waals surface area contributed by atoms with Crippen LogP contribution in [0.4, 0.5) is 18.0 Å². The minimum atomic E-state index is -4.35. The Morgan fingerprint density at radius 2 is 1.96 bits per heavy atom. The van der Waals surface area contributed by atoms with Crippen molar-refractivity contribution in [2.75, 3.05) is 26.2 Å². The van der Waals surface area contributed by atoms with Crippen molar-refractivity contribution in [3.8, 4) is 0 Å². The first kappa shape index (κ1) is 17.6. The molecule has 4 nitrogen and oxygen atoms in total. The predicted octanol–water partition coefficient (Wildman–Crippen LogP) is 3.76. The molecule has 2 saturated heterocycles. The molecule has 1 N–H and O–H groups in total. The molecule has 7 heteroatoms. The molecule has 0 radical (unpaired) electrons. The summed E-state index contributed by atoms with van der Waals surface area (Å²) in [5.41, 5.74) is 0.725. The molecule has 1 aromatic carbocycles. The van der Waals surface area contributed by atoms with Gasteiger partial charge in [0, 0.05) is 13.1 Å². The van der Waals surface area contributed by atoms with Gasteiger partial charge in [0.1, 0.15) is 6.61 Å². The van der Waals surface area contributed by atoms with Gasteiger partial charge in [0.05, 0.1) is 5.56 Å². The van der Waals surface area contributed by atoms with E-state index < -0.39 is 11.7 Å².